The van der Waals surface area contributed by atoms with Crippen molar-refractivity contribution in [3.63, 3.8) is 0 Å². The summed E-state index contributed by atoms with van der Waals surface area (Å²) >= 11 is 0. The van der Waals surface area contributed by atoms with Crippen molar-refractivity contribution in [1.82, 2.24) is 0 Å². The Kier molecular flexibility index (Phi) is 7.00. The van der Waals surface area contributed by atoms with Crippen molar-refractivity contribution >= 4 is 23.2 Å². The molecular formula is C24H28OP+. The van der Waals surface area contributed by atoms with E-state index in [-0.39, 0.29) is 0 Å². The monoisotopic (exact) mass is 363 g/mol. The lowest BCUT2D eigenvalue weighted by molar-refractivity contribution is 0.174. The van der Waals surface area contributed by atoms with Crippen LogP contribution in [0.2, 0.25) is 0 Å². The van der Waals surface area contributed by atoms with E-state index in [1.54, 1.807) is 0 Å². The fourth-order valence-electron chi connectivity index (χ4n) is 3.37. The molecule has 0 aliphatic rings. The Labute approximate surface area is 158 Å². The molecule has 1 nitrogen and oxygen atoms in total. The van der Waals surface area contributed by atoms with Crippen LogP contribution in [0, 0.1) is 0 Å². The van der Waals surface area contributed by atoms with Gasteiger partial charge in [0.2, 0.25) is 0 Å². The van der Waals surface area contributed by atoms with Gasteiger partial charge in [0.1, 0.15) is 23.2 Å². The van der Waals surface area contributed by atoms with Crippen molar-refractivity contribution < 1.29 is 4.74 Å². The Hall–Kier alpha value is -1.95. The molecule has 3 aromatic rings. The molecule has 0 aliphatic carbocycles. The van der Waals surface area contributed by atoms with Crippen LogP contribution in [-0.2, 0) is 4.74 Å². The fraction of sp³-hybridized carbons (Fsp3) is 0.250. The molecule has 0 N–H and O–H groups in total. The van der Waals surface area contributed by atoms with Gasteiger partial charge in [-0.2, -0.15) is 0 Å². The predicted octanol–water partition coefficient (Wildman–Crippen LogP) is 5.14. The quantitative estimate of drug-likeness (QED) is 0.378. The van der Waals surface area contributed by atoms with Crippen LogP contribution in [0.15, 0.2) is 91.0 Å². The molecule has 0 radical (unpaired) electrons. The average Bonchev–Trinajstić information content (AvgIpc) is 2.73. The van der Waals surface area contributed by atoms with Crippen LogP contribution in [0.25, 0.3) is 0 Å². The van der Waals surface area contributed by atoms with E-state index in [0.29, 0.717) is 0 Å². The van der Waals surface area contributed by atoms with E-state index in [4.69, 9.17) is 4.74 Å². The van der Waals surface area contributed by atoms with Gasteiger partial charge in [-0.05, 0) is 42.8 Å². The van der Waals surface area contributed by atoms with E-state index in [2.05, 4.69) is 97.9 Å². The number of benzene rings is 3. The maximum atomic E-state index is 6.31. The van der Waals surface area contributed by atoms with Crippen molar-refractivity contribution in [2.75, 3.05) is 13.0 Å². The molecule has 134 valence electrons. The van der Waals surface area contributed by atoms with Crippen molar-refractivity contribution in [1.29, 1.82) is 0 Å². The smallest absolute Gasteiger partial charge is 0.171 e. The summed E-state index contributed by atoms with van der Waals surface area (Å²) in [5.41, 5.74) is 0. The molecule has 0 unspecified atom stereocenters. The molecule has 0 saturated heterocycles. The number of hydrogen-bond donors (Lipinski definition) is 0. The van der Waals surface area contributed by atoms with Crippen LogP contribution in [0.1, 0.15) is 26.2 Å². The van der Waals surface area contributed by atoms with Gasteiger partial charge in [-0.25, -0.2) is 0 Å². The molecule has 2 heteroatoms. The van der Waals surface area contributed by atoms with E-state index >= 15 is 0 Å². The Morgan fingerprint density at radius 2 is 1.04 bits per heavy atom. The number of ether oxygens (including phenoxy) is 1. The van der Waals surface area contributed by atoms with Gasteiger partial charge in [-0.3, -0.25) is 0 Å². The highest BCUT2D eigenvalue weighted by Crippen LogP contribution is 2.55. The number of unbranched alkanes of at least 4 members (excludes halogenated alkanes) is 2. The minimum absolute atomic E-state index is 0.759. The van der Waals surface area contributed by atoms with Gasteiger partial charge in [0.25, 0.3) is 0 Å². The maximum absolute atomic E-state index is 6.31. The second-order valence-electron chi connectivity index (χ2n) is 6.56. The molecule has 0 heterocycles. The number of hydrogen-bond acceptors (Lipinski definition) is 1. The van der Waals surface area contributed by atoms with E-state index in [0.717, 1.165) is 19.4 Å². The van der Waals surface area contributed by atoms with Crippen molar-refractivity contribution in [3.8, 4) is 0 Å². The second-order valence-corrected chi connectivity index (χ2v) is 9.99. The molecule has 0 aromatic heterocycles. The van der Waals surface area contributed by atoms with Crippen LogP contribution < -0.4 is 15.9 Å². The predicted molar refractivity (Wildman–Crippen MR) is 115 cm³/mol. The molecule has 0 fully saturated rings. The van der Waals surface area contributed by atoms with Gasteiger partial charge in [0, 0.05) is 0 Å². The van der Waals surface area contributed by atoms with Crippen LogP contribution in [0.4, 0.5) is 0 Å². The molecule has 3 rings (SSSR count). The summed E-state index contributed by atoms with van der Waals surface area (Å²) in [4.78, 5) is 0. The van der Waals surface area contributed by atoms with Gasteiger partial charge >= 0.3 is 0 Å². The SMILES string of the molecule is CCCCCOC[P+](c1ccccc1)(c1ccccc1)c1ccccc1. The highest BCUT2D eigenvalue weighted by atomic mass is 31.2. The lowest BCUT2D eigenvalue weighted by atomic mass is 10.3. The normalized spacial score (nSPS) is 11.4. The lowest BCUT2D eigenvalue weighted by Crippen LogP contribution is -2.34. The molecule has 0 bridgehead atoms. The summed E-state index contributed by atoms with van der Waals surface area (Å²) in [7, 11) is -1.82. The Bertz CT molecular complexity index is 659. The van der Waals surface area contributed by atoms with Crippen molar-refractivity contribution in [3.05, 3.63) is 91.0 Å². The third-order valence-electron chi connectivity index (χ3n) is 4.77. The summed E-state index contributed by atoms with van der Waals surface area (Å²) in [5, 5.41) is 4.15. The first-order valence-electron chi connectivity index (χ1n) is 9.50. The van der Waals surface area contributed by atoms with Crippen molar-refractivity contribution in [2.24, 2.45) is 0 Å². The van der Waals surface area contributed by atoms with Crippen LogP contribution in [-0.4, -0.2) is 13.0 Å². The molecule has 0 saturated carbocycles. The highest BCUT2D eigenvalue weighted by molar-refractivity contribution is 7.95. The Morgan fingerprint density at radius 3 is 1.42 bits per heavy atom. The maximum Gasteiger partial charge on any atom is 0.171 e. The minimum atomic E-state index is -1.82. The van der Waals surface area contributed by atoms with Gasteiger partial charge in [-0.15, -0.1) is 0 Å². The molecule has 0 atom stereocenters. The average molecular weight is 363 g/mol. The highest BCUT2D eigenvalue weighted by Gasteiger charge is 2.45. The topological polar surface area (TPSA) is 9.23 Å². The molecule has 3 aromatic carbocycles. The van der Waals surface area contributed by atoms with E-state index < -0.39 is 7.26 Å². The summed E-state index contributed by atoms with van der Waals surface area (Å²) in [6.07, 6.45) is 4.34. The Balaban J connectivity index is 2.06. The standard InChI is InChI=1S/C24H28OP/c1-2-3-13-20-25-21-26(22-14-7-4-8-15-22,23-16-9-5-10-17-23)24-18-11-6-12-19-24/h4-12,14-19H,2-3,13,20-21H2,1H3/q+1. The molecule has 26 heavy (non-hydrogen) atoms. The van der Waals surface area contributed by atoms with Gasteiger partial charge in [0.15, 0.2) is 6.35 Å². The fourth-order valence-corrected chi connectivity index (χ4v) is 7.16. The third kappa shape index (κ3) is 4.23. The molecule has 0 aliphatic heterocycles. The van der Waals surface area contributed by atoms with E-state index in [1.165, 1.54) is 28.8 Å². The van der Waals surface area contributed by atoms with E-state index in [1.807, 2.05) is 0 Å². The summed E-state index contributed by atoms with van der Waals surface area (Å²) < 4.78 is 6.31. The Morgan fingerprint density at radius 1 is 0.615 bits per heavy atom. The largest absolute Gasteiger partial charge is 0.345 e. The first-order chi connectivity index (χ1) is 12.9. The first-order valence-corrected chi connectivity index (χ1v) is 11.5. The van der Waals surface area contributed by atoms with Gasteiger partial charge in [-0.1, -0.05) is 74.4 Å². The molecule has 0 amide bonds. The van der Waals surface area contributed by atoms with Gasteiger partial charge in [0.05, 0.1) is 6.61 Å². The molecule has 0 spiro atoms. The van der Waals surface area contributed by atoms with Crippen LogP contribution in [0.5, 0.6) is 0 Å². The van der Waals surface area contributed by atoms with E-state index in [9.17, 15) is 0 Å². The van der Waals surface area contributed by atoms with Gasteiger partial charge < -0.3 is 4.74 Å². The lowest BCUT2D eigenvalue weighted by Gasteiger charge is -2.27. The third-order valence-corrected chi connectivity index (χ3v) is 8.88. The zero-order valence-electron chi connectivity index (χ0n) is 15.6. The molecular weight excluding hydrogens is 335 g/mol. The number of rotatable bonds is 9. The van der Waals surface area contributed by atoms with Crippen LogP contribution in [0.3, 0.4) is 0 Å². The zero-order valence-corrected chi connectivity index (χ0v) is 16.4. The second kappa shape index (κ2) is 9.67. The summed E-state index contributed by atoms with van der Waals surface area (Å²) in [6, 6.07) is 32.8. The summed E-state index contributed by atoms with van der Waals surface area (Å²) in [6.45, 7) is 3.07. The van der Waals surface area contributed by atoms with Crippen LogP contribution >= 0.6 is 7.26 Å². The van der Waals surface area contributed by atoms with Crippen molar-refractivity contribution in [2.45, 2.75) is 26.2 Å². The first kappa shape index (κ1) is 18.8. The summed E-state index contributed by atoms with van der Waals surface area (Å²) in [5.74, 6) is 0. The minimum Gasteiger partial charge on any atom is -0.345 e. The zero-order chi connectivity index (χ0) is 18.1.